The summed E-state index contributed by atoms with van der Waals surface area (Å²) in [5.74, 6) is 0.361. The maximum absolute atomic E-state index is 13.1. The standard InChI is InChI=1S/C22H29IN4O4S/c1-22(2)14-11-17(22)16(7-5-3-4-6-8-21(28)29)20(12-14)26-32(30,31)15-9-10-19(25-27-24)18(23)13-15/h3,5,9-10,13-14,16-17,20,26H,4,6-8,11-12H2,1-2H3,(H,28,29)/b5-3-/t14-,16+,17+,20+/m1/s1/i23-2. The third kappa shape index (κ3) is 5.47. The highest BCUT2D eigenvalue weighted by atomic mass is 125. The maximum atomic E-state index is 13.1. The number of aliphatic carboxylic acids is 1. The van der Waals surface area contributed by atoms with Gasteiger partial charge in [0.1, 0.15) is 0 Å². The van der Waals surface area contributed by atoms with Crippen LogP contribution >= 0.6 is 22.6 Å². The van der Waals surface area contributed by atoms with E-state index in [0.717, 1.165) is 19.3 Å². The fourth-order valence-corrected chi connectivity index (χ4v) is 7.36. The van der Waals surface area contributed by atoms with Crippen molar-refractivity contribution in [1.82, 2.24) is 4.72 Å². The lowest BCUT2D eigenvalue weighted by Crippen LogP contribution is -2.61. The lowest BCUT2D eigenvalue weighted by Gasteiger charge is -2.62. The molecule has 0 spiro atoms. The van der Waals surface area contributed by atoms with E-state index < -0.39 is 16.0 Å². The first-order chi connectivity index (χ1) is 15.1. The predicted molar refractivity (Wildman–Crippen MR) is 131 cm³/mol. The number of halogens is 1. The van der Waals surface area contributed by atoms with Crippen molar-refractivity contribution in [2.75, 3.05) is 0 Å². The fourth-order valence-electron chi connectivity index (χ4n) is 5.20. The van der Waals surface area contributed by atoms with Crippen molar-refractivity contribution in [2.45, 2.75) is 63.3 Å². The lowest BCUT2D eigenvalue weighted by molar-refractivity contribution is -0.137. The molecule has 174 valence electrons. The van der Waals surface area contributed by atoms with E-state index >= 15 is 0 Å². The lowest BCUT2D eigenvalue weighted by atomic mass is 9.44. The van der Waals surface area contributed by atoms with Crippen LogP contribution in [0, 0.1) is 26.7 Å². The molecule has 0 saturated heterocycles. The number of fused-ring (bicyclic) bond motifs is 2. The molecule has 8 nitrogen and oxygen atoms in total. The third-order valence-electron chi connectivity index (χ3n) is 7.14. The zero-order valence-corrected chi connectivity index (χ0v) is 21.2. The molecule has 3 saturated carbocycles. The summed E-state index contributed by atoms with van der Waals surface area (Å²) in [6.07, 6.45) is 8.29. The van der Waals surface area contributed by atoms with Crippen LogP contribution in [0.15, 0.2) is 40.4 Å². The summed E-state index contributed by atoms with van der Waals surface area (Å²) in [6.45, 7) is 4.55. The van der Waals surface area contributed by atoms with Gasteiger partial charge in [-0.15, -0.1) is 0 Å². The Morgan fingerprint density at radius 3 is 2.75 bits per heavy atom. The highest BCUT2D eigenvalue weighted by Gasteiger charge is 2.57. The van der Waals surface area contributed by atoms with Crippen LogP contribution in [0.3, 0.4) is 0 Å². The molecule has 4 rings (SSSR count). The van der Waals surface area contributed by atoms with E-state index in [1.54, 1.807) is 0 Å². The Morgan fingerprint density at radius 2 is 2.12 bits per heavy atom. The highest BCUT2D eigenvalue weighted by Crippen LogP contribution is 2.62. The second-order valence-corrected chi connectivity index (χ2v) is 12.2. The molecule has 1 aromatic rings. The molecule has 0 radical (unpaired) electrons. The Balaban J connectivity index is 1.73. The first kappa shape index (κ1) is 25.0. The number of allylic oxidation sites excluding steroid dienone is 2. The topological polar surface area (TPSA) is 132 Å². The Labute approximate surface area is 202 Å². The molecule has 0 aromatic heterocycles. The monoisotopic (exact) mass is 570 g/mol. The van der Waals surface area contributed by atoms with Crippen molar-refractivity contribution >= 4 is 44.3 Å². The highest BCUT2D eigenvalue weighted by molar-refractivity contribution is 14.1. The van der Waals surface area contributed by atoms with Crippen LogP contribution < -0.4 is 4.72 Å². The summed E-state index contributed by atoms with van der Waals surface area (Å²) in [4.78, 5) is 13.6. The number of benzene rings is 1. The number of nitrogens with zero attached hydrogens (tertiary/aromatic N) is 3. The Bertz CT molecular complexity index is 1050. The number of carboxylic acids is 1. The molecule has 2 N–H and O–H groups in total. The van der Waals surface area contributed by atoms with Crippen LogP contribution in [0.5, 0.6) is 0 Å². The number of rotatable bonds is 10. The number of hydrogen-bond donors (Lipinski definition) is 2. The fraction of sp³-hybridized carbons (Fsp3) is 0.591. The average Bonchev–Trinajstić information content (AvgIpc) is 2.72. The van der Waals surface area contributed by atoms with Gasteiger partial charge in [-0.3, -0.25) is 4.79 Å². The molecular formula is C22H29IN4O4S. The zero-order chi connectivity index (χ0) is 23.5. The van der Waals surface area contributed by atoms with Gasteiger partial charge in [0.2, 0.25) is 10.0 Å². The van der Waals surface area contributed by atoms with Gasteiger partial charge in [0.05, 0.1) is 10.6 Å². The smallest absolute Gasteiger partial charge is 0.303 e. The Kier molecular flexibility index (Phi) is 7.90. The van der Waals surface area contributed by atoms with Gasteiger partial charge in [0, 0.05) is 20.9 Å². The Hall–Kier alpha value is -1.62. The second-order valence-electron chi connectivity index (χ2n) is 9.28. The molecule has 32 heavy (non-hydrogen) atoms. The molecule has 2 bridgehead atoms. The number of hydrogen-bond acceptors (Lipinski definition) is 4. The van der Waals surface area contributed by atoms with Gasteiger partial charge in [0.15, 0.2) is 0 Å². The molecule has 0 heterocycles. The molecule has 3 aliphatic rings. The van der Waals surface area contributed by atoms with E-state index in [2.05, 4.69) is 34.7 Å². The largest absolute Gasteiger partial charge is 0.481 e. The number of carboxylic acid groups (broad SMARTS) is 1. The van der Waals surface area contributed by atoms with Crippen LogP contribution in [-0.4, -0.2) is 25.5 Å². The SMILES string of the molecule is CC1(C)[C@H]2C[C@H](NS(=O)(=O)c3ccc(N=[N+]=[N-])c([125I])c3)[C@@H](C/C=C\CCCC(=O)O)[C@@H]1C2. The van der Waals surface area contributed by atoms with Gasteiger partial charge >= 0.3 is 5.97 Å². The minimum absolute atomic E-state index is 0.144. The molecule has 3 aliphatic carbocycles. The minimum Gasteiger partial charge on any atom is -0.481 e. The summed E-state index contributed by atoms with van der Waals surface area (Å²) in [6, 6.07) is 4.38. The van der Waals surface area contributed by atoms with Crippen molar-refractivity contribution in [3.05, 3.63) is 44.4 Å². The van der Waals surface area contributed by atoms with E-state index in [9.17, 15) is 13.2 Å². The molecule has 3 fully saturated rings. The molecule has 0 unspecified atom stereocenters. The van der Waals surface area contributed by atoms with Gasteiger partial charge in [-0.05, 0) is 95.5 Å². The predicted octanol–water partition coefficient (Wildman–Crippen LogP) is 5.76. The van der Waals surface area contributed by atoms with Crippen molar-refractivity contribution in [2.24, 2.45) is 28.3 Å². The number of unbranched alkanes of at least 4 members (excludes halogenated alkanes) is 1. The normalized spacial score (nSPS) is 26.3. The minimum atomic E-state index is -3.71. The van der Waals surface area contributed by atoms with Gasteiger partial charge in [-0.1, -0.05) is 37.2 Å². The van der Waals surface area contributed by atoms with Gasteiger partial charge in [0.25, 0.3) is 0 Å². The third-order valence-corrected chi connectivity index (χ3v) is 9.49. The van der Waals surface area contributed by atoms with E-state index in [1.807, 2.05) is 28.7 Å². The molecule has 4 atom stereocenters. The van der Waals surface area contributed by atoms with Gasteiger partial charge in [-0.2, -0.15) is 0 Å². The number of nitrogens with one attached hydrogen (secondary N) is 1. The number of sulfonamides is 1. The van der Waals surface area contributed by atoms with E-state index in [0.29, 0.717) is 33.9 Å². The van der Waals surface area contributed by atoms with Crippen LogP contribution in [0.2, 0.25) is 0 Å². The van der Waals surface area contributed by atoms with Crippen LogP contribution in [0.1, 0.15) is 52.4 Å². The second kappa shape index (κ2) is 10.1. The summed E-state index contributed by atoms with van der Waals surface area (Å²) >= 11 is 1.97. The number of azide groups is 1. The van der Waals surface area contributed by atoms with E-state index in [1.165, 1.54) is 18.2 Å². The van der Waals surface area contributed by atoms with E-state index in [4.69, 9.17) is 10.6 Å². The van der Waals surface area contributed by atoms with E-state index in [-0.39, 0.29) is 28.7 Å². The van der Waals surface area contributed by atoms with Crippen LogP contribution in [0.25, 0.3) is 10.4 Å². The molecule has 1 aromatic carbocycles. The van der Waals surface area contributed by atoms with Crippen molar-refractivity contribution < 1.29 is 18.3 Å². The number of carbonyl (C=O) groups is 1. The summed E-state index contributed by atoms with van der Waals surface area (Å²) in [5, 5.41) is 12.3. The van der Waals surface area contributed by atoms with Gasteiger partial charge in [-0.25, -0.2) is 13.1 Å². The van der Waals surface area contributed by atoms with Crippen molar-refractivity contribution in [3.63, 3.8) is 0 Å². The summed E-state index contributed by atoms with van der Waals surface area (Å²) < 4.78 is 29.8. The summed E-state index contributed by atoms with van der Waals surface area (Å²) in [5.41, 5.74) is 9.23. The molecule has 0 aliphatic heterocycles. The van der Waals surface area contributed by atoms with Gasteiger partial charge < -0.3 is 5.11 Å². The first-order valence-electron chi connectivity index (χ1n) is 10.8. The zero-order valence-electron chi connectivity index (χ0n) is 18.2. The van der Waals surface area contributed by atoms with Crippen molar-refractivity contribution in [3.8, 4) is 0 Å². The molecular weight excluding hydrogens is 541 g/mol. The van der Waals surface area contributed by atoms with Crippen LogP contribution in [0.4, 0.5) is 5.69 Å². The summed E-state index contributed by atoms with van der Waals surface area (Å²) in [7, 11) is -3.71. The van der Waals surface area contributed by atoms with Crippen LogP contribution in [-0.2, 0) is 14.8 Å². The Morgan fingerprint density at radius 1 is 1.38 bits per heavy atom. The average molecular weight is 570 g/mol. The first-order valence-corrected chi connectivity index (χ1v) is 13.4. The molecule has 0 amide bonds. The molecule has 10 heteroatoms. The quantitative estimate of drug-likeness (QED) is 0.0924. The van der Waals surface area contributed by atoms with Crippen molar-refractivity contribution in [1.29, 1.82) is 0 Å². The maximum Gasteiger partial charge on any atom is 0.303 e.